The van der Waals surface area contributed by atoms with E-state index in [-0.39, 0.29) is 28.3 Å². The molecule has 1 aliphatic heterocycles. The van der Waals surface area contributed by atoms with Crippen molar-refractivity contribution in [1.29, 1.82) is 0 Å². The number of aliphatic hydroxyl groups is 5. The van der Waals surface area contributed by atoms with E-state index in [1.165, 1.54) is 0 Å². The van der Waals surface area contributed by atoms with E-state index in [0.717, 1.165) is 51.4 Å². The molecule has 0 bridgehead atoms. The molecule has 0 amide bonds. The van der Waals surface area contributed by atoms with Crippen LogP contribution < -0.4 is 0 Å². The van der Waals surface area contributed by atoms with Crippen LogP contribution in [0.1, 0.15) is 126 Å². The van der Waals surface area contributed by atoms with Crippen LogP contribution in [0, 0.1) is 34.0 Å². The quantitative estimate of drug-likeness (QED) is 0.154. The number of rotatable bonds is 13. The van der Waals surface area contributed by atoms with E-state index < -0.39 is 54.8 Å². The summed E-state index contributed by atoms with van der Waals surface area (Å²) in [5.41, 5.74) is 2.14. The molecule has 0 aromatic carbocycles. The first-order valence-corrected chi connectivity index (χ1v) is 17.6. The lowest BCUT2D eigenvalue weighted by atomic mass is 9.47. The maximum atomic E-state index is 12.7. The van der Waals surface area contributed by atoms with E-state index in [9.17, 15) is 35.4 Å². The maximum Gasteiger partial charge on any atom is 0.306 e. The second kappa shape index (κ2) is 13.8. The number of carboxylic acid groups (broad SMARTS) is 1. The summed E-state index contributed by atoms with van der Waals surface area (Å²) in [4.78, 5) is 12.7. The molecule has 1 saturated heterocycles. The Labute approximate surface area is 270 Å². The van der Waals surface area contributed by atoms with Crippen LogP contribution in [0.15, 0.2) is 11.1 Å². The number of allylic oxidation sites excluding steroid dienone is 2. The lowest BCUT2D eigenvalue weighted by molar-refractivity contribution is -0.312. The first kappa shape index (κ1) is 36.8. The zero-order valence-corrected chi connectivity index (χ0v) is 28.8. The first-order valence-electron chi connectivity index (χ1n) is 17.6. The predicted molar refractivity (Wildman–Crippen MR) is 171 cm³/mol. The SMILES string of the molecule is CC[C@H](CC[C@]1(C)C2=C(CCC1C)[C@]1(C)CCC([C@@H](CCCC(C)(C)O)C(=O)O)[C@@]1(C)CC2)OC1OC(CO)C(O)C(O)C1O. The lowest BCUT2D eigenvalue weighted by Gasteiger charge is -2.57. The van der Waals surface area contributed by atoms with Gasteiger partial charge in [0, 0.05) is 0 Å². The number of hydrogen-bond acceptors (Lipinski definition) is 8. The van der Waals surface area contributed by atoms with Gasteiger partial charge in [-0.25, -0.2) is 0 Å². The van der Waals surface area contributed by atoms with E-state index >= 15 is 0 Å². The largest absolute Gasteiger partial charge is 0.481 e. The Bertz CT molecular complexity index is 1070. The number of carboxylic acids is 1. The molecule has 0 aromatic rings. The molecule has 45 heavy (non-hydrogen) atoms. The van der Waals surface area contributed by atoms with Crippen molar-refractivity contribution >= 4 is 5.97 Å². The average Bonchev–Trinajstić information content (AvgIpc) is 3.25. The van der Waals surface area contributed by atoms with Gasteiger partial charge in [-0.05, 0) is 119 Å². The number of ether oxygens (including phenoxy) is 2. The van der Waals surface area contributed by atoms with E-state index in [4.69, 9.17) is 9.47 Å². The predicted octanol–water partition coefficient (Wildman–Crippen LogP) is 4.95. The molecule has 4 aliphatic rings. The summed E-state index contributed by atoms with van der Waals surface area (Å²) in [6, 6.07) is 0. The molecule has 12 atom stereocenters. The van der Waals surface area contributed by atoms with Crippen LogP contribution in [0.2, 0.25) is 0 Å². The molecule has 0 aromatic heterocycles. The summed E-state index contributed by atoms with van der Waals surface area (Å²) in [6.45, 7) is 14.6. The zero-order chi connectivity index (χ0) is 33.5. The lowest BCUT2D eigenvalue weighted by Crippen LogP contribution is -2.59. The average molecular weight is 639 g/mol. The smallest absolute Gasteiger partial charge is 0.306 e. The van der Waals surface area contributed by atoms with Crippen LogP contribution >= 0.6 is 0 Å². The van der Waals surface area contributed by atoms with Gasteiger partial charge in [0.05, 0.1) is 24.2 Å². The summed E-state index contributed by atoms with van der Waals surface area (Å²) < 4.78 is 11.8. The Morgan fingerprint density at radius 2 is 1.71 bits per heavy atom. The van der Waals surface area contributed by atoms with Crippen molar-refractivity contribution < 1.29 is 44.9 Å². The molecule has 1 heterocycles. The Hall–Kier alpha value is -1.07. The molecule has 0 spiro atoms. The Morgan fingerprint density at radius 3 is 2.31 bits per heavy atom. The van der Waals surface area contributed by atoms with Gasteiger partial charge in [0.2, 0.25) is 0 Å². The van der Waals surface area contributed by atoms with Crippen molar-refractivity contribution in [2.24, 2.45) is 34.0 Å². The van der Waals surface area contributed by atoms with E-state index in [0.29, 0.717) is 31.6 Å². The van der Waals surface area contributed by atoms with Crippen molar-refractivity contribution in [2.45, 2.75) is 168 Å². The fourth-order valence-electron chi connectivity index (χ4n) is 9.81. The van der Waals surface area contributed by atoms with Crippen molar-refractivity contribution in [1.82, 2.24) is 0 Å². The van der Waals surface area contributed by atoms with Crippen molar-refractivity contribution in [3.05, 3.63) is 11.1 Å². The minimum absolute atomic E-state index is 0.0406. The monoisotopic (exact) mass is 638 g/mol. The third kappa shape index (κ3) is 6.92. The summed E-state index contributed by atoms with van der Waals surface area (Å²) in [5, 5.41) is 61.2. The molecular formula is C36H62O9. The van der Waals surface area contributed by atoms with Gasteiger partial charge in [-0.2, -0.15) is 0 Å². The molecule has 2 fully saturated rings. The van der Waals surface area contributed by atoms with E-state index in [1.807, 2.05) is 6.92 Å². The number of aliphatic carboxylic acids is 1. The highest BCUT2D eigenvalue weighted by atomic mass is 16.7. The number of aliphatic hydroxyl groups excluding tert-OH is 4. The molecule has 6 N–H and O–H groups in total. The third-order valence-electron chi connectivity index (χ3n) is 13.3. The topological polar surface area (TPSA) is 157 Å². The number of fused-ring (bicyclic) bond motifs is 2. The third-order valence-corrected chi connectivity index (χ3v) is 13.3. The number of hydrogen-bond donors (Lipinski definition) is 6. The second-order valence-corrected chi connectivity index (χ2v) is 16.3. The van der Waals surface area contributed by atoms with Gasteiger partial charge in [0.25, 0.3) is 0 Å². The minimum atomic E-state index is -1.46. The van der Waals surface area contributed by atoms with Crippen LogP contribution in [0.4, 0.5) is 0 Å². The second-order valence-electron chi connectivity index (χ2n) is 16.3. The fraction of sp³-hybridized carbons (Fsp3) is 0.917. The van der Waals surface area contributed by atoms with Crippen LogP contribution in [0.5, 0.6) is 0 Å². The molecule has 3 aliphatic carbocycles. The van der Waals surface area contributed by atoms with Crippen molar-refractivity contribution in [3.63, 3.8) is 0 Å². The molecular weight excluding hydrogens is 576 g/mol. The van der Waals surface area contributed by atoms with Gasteiger partial charge in [-0.15, -0.1) is 0 Å². The molecule has 9 nitrogen and oxygen atoms in total. The zero-order valence-electron chi connectivity index (χ0n) is 28.8. The Balaban J connectivity index is 1.53. The summed E-state index contributed by atoms with van der Waals surface area (Å²) >= 11 is 0. The highest BCUT2D eigenvalue weighted by Crippen LogP contribution is 2.70. The Kier molecular flexibility index (Phi) is 11.3. The van der Waals surface area contributed by atoms with Gasteiger partial charge in [-0.3, -0.25) is 4.79 Å². The number of carbonyl (C=O) groups is 1. The first-order chi connectivity index (χ1) is 20.9. The summed E-state index contributed by atoms with van der Waals surface area (Å²) in [7, 11) is 0. The highest BCUT2D eigenvalue weighted by molar-refractivity contribution is 5.70. The van der Waals surface area contributed by atoms with E-state index in [2.05, 4.69) is 27.7 Å². The maximum absolute atomic E-state index is 12.7. The van der Waals surface area contributed by atoms with Crippen LogP contribution in [-0.2, 0) is 14.3 Å². The van der Waals surface area contributed by atoms with Gasteiger partial charge in [0.1, 0.15) is 24.4 Å². The Morgan fingerprint density at radius 1 is 1.02 bits per heavy atom. The van der Waals surface area contributed by atoms with Gasteiger partial charge < -0.3 is 40.1 Å². The van der Waals surface area contributed by atoms with Crippen LogP contribution in [0.3, 0.4) is 0 Å². The normalized spacial score (nSPS) is 41.8. The van der Waals surface area contributed by atoms with Gasteiger partial charge in [0.15, 0.2) is 6.29 Å². The molecule has 1 saturated carbocycles. The molecule has 9 heteroatoms. The van der Waals surface area contributed by atoms with E-state index in [1.54, 1.807) is 25.0 Å². The summed E-state index contributed by atoms with van der Waals surface area (Å²) in [6.07, 6.45) is 3.59. The van der Waals surface area contributed by atoms with Crippen LogP contribution in [0.25, 0.3) is 0 Å². The van der Waals surface area contributed by atoms with Gasteiger partial charge in [-0.1, -0.05) is 45.8 Å². The highest BCUT2D eigenvalue weighted by Gasteiger charge is 2.62. The molecule has 4 rings (SSSR count). The van der Waals surface area contributed by atoms with Crippen molar-refractivity contribution in [2.75, 3.05) is 6.61 Å². The fourth-order valence-corrected chi connectivity index (χ4v) is 9.81. The van der Waals surface area contributed by atoms with Gasteiger partial charge >= 0.3 is 5.97 Å². The molecule has 0 radical (unpaired) electrons. The van der Waals surface area contributed by atoms with Crippen LogP contribution in [-0.4, -0.2) is 85.6 Å². The molecule has 7 unspecified atom stereocenters. The standard InChI is InChI=1S/C36H62O9/c1-8-22(44-32-30(40)29(39)28(38)27(20-37)45-32)13-17-34(5)21(2)11-12-26-25(34)15-19-35(6)24(14-18-36(26,35)7)23(31(41)42)10-9-16-33(3,4)43/h21-24,27-30,32,37-40,43H,8-20H2,1-7H3,(H,41,42)/t21?,22-,23-,24?,27?,28?,29?,30?,32?,34+,35-,36+/m1/s1. The summed E-state index contributed by atoms with van der Waals surface area (Å²) in [5.74, 6) is -0.522. The van der Waals surface area contributed by atoms with Crippen molar-refractivity contribution in [3.8, 4) is 0 Å². The molecule has 260 valence electrons. The minimum Gasteiger partial charge on any atom is -0.481 e.